The predicted octanol–water partition coefficient (Wildman–Crippen LogP) is 4.26. The van der Waals surface area contributed by atoms with Crippen molar-refractivity contribution in [2.24, 2.45) is 29.6 Å². The lowest BCUT2D eigenvalue weighted by molar-refractivity contribution is -0.124. The normalized spacial score (nSPS) is 44.2. The Labute approximate surface area is 124 Å². The topological polar surface area (TPSA) is 26.3 Å². The molecule has 6 atom stereocenters. The van der Waals surface area contributed by atoms with Gasteiger partial charge in [0.15, 0.2) is 8.32 Å². The summed E-state index contributed by atoms with van der Waals surface area (Å²) in [5.74, 6) is 3.21. The Kier molecular flexibility index (Phi) is 3.27. The maximum Gasteiger partial charge on any atom is 0.192 e. The van der Waals surface area contributed by atoms with Crippen LogP contribution in [0.5, 0.6) is 0 Å². The molecule has 0 aromatic heterocycles. The smallest absolute Gasteiger partial charge is 0.192 e. The Morgan fingerprint density at radius 3 is 2.35 bits per heavy atom. The molecule has 0 N–H and O–H groups in total. The van der Waals surface area contributed by atoms with E-state index in [4.69, 9.17) is 4.43 Å². The number of Topliss-reactive ketones (excluding diaryl/α,β-unsaturated/α-hetero) is 1. The average molecular weight is 295 g/mol. The Morgan fingerprint density at radius 1 is 1.15 bits per heavy atom. The van der Waals surface area contributed by atoms with Gasteiger partial charge in [0.25, 0.3) is 0 Å². The summed E-state index contributed by atoms with van der Waals surface area (Å²) in [6, 6.07) is 0. The fraction of sp³-hybridized carbons (Fsp3) is 0.941. The fourth-order valence-corrected chi connectivity index (χ4v) is 6.21. The maximum atomic E-state index is 12.4. The number of carbonyl (C=O) groups is 1. The van der Waals surface area contributed by atoms with Gasteiger partial charge in [-0.3, -0.25) is 4.79 Å². The Morgan fingerprint density at radius 2 is 1.75 bits per heavy atom. The van der Waals surface area contributed by atoms with E-state index in [9.17, 15) is 4.79 Å². The molecule has 0 saturated heterocycles. The fourth-order valence-electron chi connectivity index (χ4n) is 4.83. The van der Waals surface area contributed by atoms with E-state index in [1.165, 1.54) is 12.8 Å². The summed E-state index contributed by atoms with van der Waals surface area (Å²) in [6.07, 6.45) is 3.94. The van der Waals surface area contributed by atoms with Gasteiger partial charge >= 0.3 is 0 Å². The summed E-state index contributed by atoms with van der Waals surface area (Å²) in [6.45, 7) is 13.8. The lowest BCUT2D eigenvalue weighted by Gasteiger charge is -2.40. The van der Waals surface area contributed by atoms with Crippen LogP contribution in [-0.4, -0.2) is 20.2 Å². The number of hydrogen-bond donors (Lipinski definition) is 0. The summed E-state index contributed by atoms with van der Waals surface area (Å²) < 4.78 is 6.70. The molecule has 3 saturated carbocycles. The Hall–Kier alpha value is -0.153. The number of carbonyl (C=O) groups excluding carboxylic acids is 1. The third-order valence-electron chi connectivity index (χ3n) is 6.96. The van der Waals surface area contributed by atoms with Crippen molar-refractivity contribution in [1.29, 1.82) is 0 Å². The van der Waals surface area contributed by atoms with Crippen molar-refractivity contribution in [3.63, 3.8) is 0 Å². The van der Waals surface area contributed by atoms with E-state index < -0.39 is 8.32 Å². The van der Waals surface area contributed by atoms with E-state index >= 15 is 0 Å². The summed E-state index contributed by atoms with van der Waals surface area (Å²) in [4.78, 5) is 12.4. The van der Waals surface area contributed by atoms with Gasteiger partial charge in [-0.15, -0.1) is 0 Å². The van der Waals surface area contributed by atoms with Crippen LogP contribution < -0.4 is 0 Å². The lowest BCUT2D eigenvalue weighted by Crippen LogP contribution is -2.45. The van der Waals surface area contributed by atoms with E-state index in [2.05, 4.69) is 40.8 Å². The molecule has 0 spiro atoms. The van der Waals surface area contributed by atoms with Gasteiger partial charge in [0.05, 0.1) is 0 Å². The molecule has 0 heterocycles. The van der Waals surface area contributed by atoms with Crippen molar-refractivity contribution in [2.75, 3.05) is 0 Å². The molecule has 3 aliphatic carbocycles. The van der Waals surface area contributed by atoms with Gasteiger partial charge in [-0.05, 0) is 55.1 Å². The molecule has 0 aromatic carbocycles. The van der Waals surface area contributed by atoms with Crippen molar-refractivity contribution in [2.45, 2.75) is 71.2 Å². The van der Waals surface area contributed by atoms with Gasteiger partial charge < -0.3 is 4.43 Å². The average Bonchev–Trinajstić information content (AvgIpc) is 2.92. The van der Waals surface area contributed by atoms with Gasteiger partial charge in [-0.1, -0.05) is 27.7 Å². The van der Waals surface area contributed by atoms with Crippen molar-refractivity contribution in [3.8, 4) is 0 Å². The molecule has 3 fully saturated rings. The minimum atomic E-state index is -1.71. The van der Waals surface area contributed by atoms with Crippen LogP contribution in [0.3, 0.4) is 0 Å². The predicted molar refractivity (Wildman–Crippen MR) is 84.1 cm³/mol. The highest BCUT2D eigenvalue weighted by molar-refractivity contribution is 6.74. The van der Waals surface area contributed by atoms with Crippen LogP contribution in [0.1, 0.15) is 47.0 Å². The highest BCUT2D eigenvalue weighted by Crippen LogP contribution is 2.60. The number of hydrogen-bond acceptors (Lipinski definition) is 2. The molecular weight excluding hydrogens is 264 g/mol. The van der Waals surface area contributed by atoms with Crippen molar-refractivity contribution >= 4 is 14.1 Å². The SMILES string of the molecule is C[C@H]1C(=O)[C@@H]2C[C@H](O[Si](C)(C)C(C)(C)C)[C@@H]3CC[C@H]1[C@@H]32. The molecule has 2 nitrogen and oxygen atoms in total. The van der Waals surface area contributed by atoms with Gasteiger partial charge in [-0.25, -0.2) is 0 Å². The monoisotopic (exact) mass is 294 g/mol. The molecule has 0 aliphatic heterocycles. The molecule has 0 unspecified atom stereocenters. The van der Waals surface area contributed by atoms with Crippen molar-refractivity contribution in [1.82, 2.24) is 0 Å². The minimum absolute atomic E-state index is 0.264. The zero-order chi connectivity index (χ0) is 14.9. The summed E-state index contributed by atoms with van der Waals surface area (Å²) in [5.41, 5.74) is 0. The van der Waals surface area contributed by atoms with Crippen LogP contribution >= 0.6 is 0 Å². The van der Waals surface area contributed by atoms with E-state index in [0.29, 0.717) is 41.5 Å². The first kappa shape index (κ1) is 14.8. The molecule has 3 rings (SSSR count). The summed E-state index contributed by atoms with van der Waals surface area (Å²) in [7, 11) is -1.71. The summed E-state index contributed by atoms with van der Waals surface area (Å²) in [5, 5.41) is 0.264. The van der Waals surface area contributed by atoms with Gasteiger partial charge in [0, 0.05) is 17.9 Å². The van der Waals surface area contributed by atoms with E-state index in [-0.39, 0.29) is 5.04 Å². The van der Waals surface area contributed by atoms with E-state index in [1.54, 1.807) is 0 Å². The van der Waals surface area contributed by atoms with Gasteiger partial charge in [0.2, 0.25) is 0 Å². The Bertz CT molecular complexity index is 423. The first-order chi connectivity index (χ1) is 9.13. The first-order valence-corrected chi connectivity index (χ1v) is 11.3. The van der Waals surface area contributed by atoms with Gasteiger partial charge in [0.1, 0.15) is 5.78 Å². The quantitative estimate of drug-likeness (QED) is 0.711. The largest absolute Gasteiger partial charge is 0.414 e. The molecule has 0 radical (unpaired) electrons. The van der Waals surface area contributed by atoms with Crippen molar-refractivity contribution < 1.29 is 9.22 Å². The highest BCUT2D eigenvalue weighted by atomic mass is 28.4. The van der Waals surface area contributed by atoms with Crippen LogP contribution in [0.25, 0.3) is 0 Å². The molecule has 0 amide bonds. The lowest BCUT2D eigenvalue weighted by atomic mass is 9.90. The second-order valence-electron chi connectivity index (χ2n) is 8.93. The molecule has 3 aliphatic rings. The molecule has 114 valence electrons. The summed E-state index contributed by atoms with van der Waals surface area (Å²) >= 11 is 0. The van der Waals surface area contributed by atoms with Gasteiger partial charge in [-0.2, -0.15) is 0 Å². The van der Waals surface area contributed by atoms with Crippen LogP contribution in [0.15, 0.2) is 0 Å². The minimum Gasteiger partial charge on any atom is -0.414 e. The molecule has 0 bridgehead atoms. The number of rotatable bonds is 2. The second kappa shape index (κ2) is 4.42. The van der Waals surface area contributed by atoms with Crippen LogP contribution in [-0.2, 0) is 9.22 Å². The third-order valence-corrected chi connectivity index (χ3v) is 11.5. The van der Waals surface area contributed by atoms with E-state index in [1.807, 2.05) is 0 Å². The molecule has 20 heavy (non-hydrogen) atoms. The molecule has 0 aromatic rings. The molecular formula is C17H30O2Si. The van der Waals surface area contributed by atoms with Crippen LogP contribution in [0, 0.1) is 29.6 Å². The standard InChI is InChI=1S/C17H30O2Si/c1-10-11-7-8-12-14(9-13(15(11)12)16(10)18)19-20(5,6)17(2,3)4/h10-15H,7-9H2,1-6H3/t10-,11-,12+,13-,14+,15+/m1/s1. The van der Waals surface area contributed by atoms with Crippen LogP contribution in [0.4, 0.5) is 0 Å². The van der Waals surface area contributed by atoms with Crippen molar-refractivity contribution in [3.05, 3.63) is 0 Å². The second-order valence-corrected chi connectivity index (χ2v) is 13.7. The maximum absolute atomic E-state index is 12.4. The van der Waals surface area contributed by atoms with Crippen LogP contribution in [0.2, 0.25) is 18.1 Å². The first-order valence-electron chi connectivity index (χ1n) is 8.35. The van der Waals surface area contributed by atoms with E-state index in [0.717, 1.165) is 6.42 Å². The zero-order valence-corrected chi connectivity index (χ0v) is 14.9. The zero-order valence-electron chi connectivity index (χ0n) is 13.9. The molecule has 3 heteroatoms. The third kappa shape index (κ3) is 1.96. The number of ketones is 1. The Balaban J connectivity index is 1.78. The highest BCUT2D eigenvalue weighted by Gasteiger charge is 2.61.